The third kappa shape index (κ3) is 4.35. The zero-order chi connectivity index (χ0) is 14.8. The molecule has 1 saturated heterocycles. The molecule has 9 heteroatoms. The molecule has 3 N–H and O–H groups in total. The van der Waals surface area contributed by atoms with Gasteiger partial charge in [0, 0.05) is 6.54 Å². The molecule has 19 heavy (non-hydrogen) atoms. The van der Waals surface area contributed by atoms with Gasteiger partial charge in [0.05, 0.1) is 5.92 Å². The van der Waals surface area contributed by atoms with Crippen molar-refractivity contribution in [2.45, 2.75) is 38.2 Å². The van der Waals surface area contributed by atoms with Gasteiger partial charge in [-0.1, -0.05) is 0 Å². The normalized spacial score (nSPS) is 26.5. The third-order valence-electron chi connectivity index (χ3n) is 2.43. The fourth-order valence-corrected chi connectivity index (χ4v) is 3.19. The second-order valence-electron chi connectivity index (χ2n) is 5.24. The number of carboxylic acids is 1. The number of carbonyl (C=O) groups excluding carboxylic acids is 1. The second-order valence-corrected chi connectivity index (χ2v) is 7.13. The first-order valence-corrected chi connectivity index (χ1v) is 7.28. The van der Waals surface area contributed by atoms with Crippen LogP contribution in [0.15, 0.2) is 0 Å². The molecular formula is C10H18N2O6S. The molecule has 1 amide bonds. The topological polar surface area (TPSA) is 122 Å². The van der Waals surface area contributed by atoms with Crippen LogP contribution < -0.4 is 10.0 Å². The fraction of sp³-hybridized carbons (Fsp3) is 0.800. The maximum absolute atomic E-state index is 11.8. The Morgan fingerprint density at radius 3 is 2.42 bits per heavy atom. The molecule has 0 spiro atoms. The van der Waals surface area contributed by atoms with Crippen molar-refractivity contribution in [2.75, 3.05) is 6.54 Å². The summed E-state index contributed by atoms with van der Waals surface area (Å²) in [4.78, 5) is 22.6. The maximum Gasteiger partial charge on any atom is 0.408 e. The number of nitrogens with one attached hydrogen (secondary N) is 2. The van der Waals surface area contributed by atoms with E-state index in [9.17, 15) is 18.0 Å². The lowest BCUT2D eigenvalue weighted by Gasteiger charge is -2.30. The van der Waals surface area contributed by atoms with Gasteiger partial charge in [0.2, 0.25) is 10.0 Å². The molecule has 0 aromatic rings. The van der Waals surface area contributed by atoms with Gasteiger partial charge in [0.15, 0.2) is 5.37 Å². The minimum Gasteiger partial charge on any atom is -0.481 e. The van der Waals surface area contributed by atoms with Crippen molar-refractivity contribution in [2.24, 2.45) is 5.92 Å². The largest absolute Gasteiger partial charge is 0.481 e. The van der Waals surface area contributed by atoms with Gasteiger partial charge in [-0.2, -0.15) is 0 Å². The van der Waals surface area contributed by atoms with E-state index in [1.165, 1.54) is 0 Å². The second kappa shape index (κ2) is 5.33. The zero-order valence-corrected chi connectivity index (χ0v) is 11.8. The predicted molar refractivity (Wildman–Crippen MR) is 65.8 cm³/mol. The van der Waals surface area contributed by atoms with Crippen LogP contribution in [-0.2, 0) is 19.6 Å². The first-order chi connectivity index (χ1) is 8.53. The summed E-state index contributed by atoms with van der Waals surface area (Å²) < 4.78 is 30.6. The van der Waals surface area contributed by atoms with E-state index >= 15 is 0 Å². The monoisotopic (exact) mass is 294 g/mol. The Morgan fingerprint density at radius 2 is 1.95 bits per heavy atom. The highest BCUT2D eigenvalue weighted by Gasteiger charge is 2.42. The van der Waals surface area contributed by atoms with Crippen LogP contribution >= 0.6 is 0 Å². The van der Waals surface area contributed by atoms with Crippen LogP contribution in [-0.4, -0.2) is 43.1 Å². The first-order valence-electron chi connectivity index (χ1n) is 5.74. The summed E-state index contributed by atoms with van der Waals surface area (Å²) in [5.41, 5.74) is -0.797. The van der Waals surface area contributed by atoms with Crippen LogP contribution in [0, 0.1) is 5.92 Å². The fourth-order valence-electron chi connectivity index (χ4n) is 1.67. The highest BCUT2D eigenvalue weighted by atomic mass is 32.2. The first kappa shape index (κ1) is 15.7. The molecule has 0 aromatic heterocycles. The summed E-state index contributed by atoms with van der Waals surface area (Å²) in [5.74, 6) is -2.47. The molecule has 8 nitrogen and oxygen atoms in total. The molecule has 1 rings (SSSR count). The Kier molecular flexibility index (Phi) is 4.41. The van der Waals surface area contributed by atoms with E-state index in [4.69, 9.17) is 9.84 Å². The number of rotatable bonds is 2. The lowest BCUT2D eigenvalue weighted by Crippen LogP contribution is -2.57. The Labute approximate surface area is 111 Å². The van der Waals surface area contributed by atoms with E-state index in [2.05, 4.69) is 10.0 Å². The molecule has 110 valence electrons. The molecule has 1 aliphatic heterocycles. The molecule has 2 unspecified atom stereocenters. The molecule has 0 aromatic carbocycles. The SMILES string of the molecule is CC(C)(C)OC(=O)NC1C(C(=O)O)CCNS1(=O)=O. The van der Waals surface area contributed by atoms with Gasteiger partial charge < -0.3 is 15.2 Å². The quantitative estimate of drug-likeness (QED) is 0.651. The van der Waals surface area contributed by atoms with Crippen molar-refractivity contribution in [3.05, 3.63) is 0 Å². The minimum absolute atomic E-state index is 0.0335. The molecule has 0 aliphatic carbocycles. The molecular weight excluding hydrogens is 276 g/mol. The molecule has 1 aliphatic rings. The molecule has 1 heterocycles. The number of sulfonamides is 1. The van der Waals surface area contributed by atoms with Crippen LogP contribution in [0.3, 0.4) is 0 Å². The van der Waals surface area contributed by atoms with Crippen LogP contribution in [0.5, 0.6) is 0 Å². The number of carboxylic acid groups (broad SMARTS) is 1. The minimum atomic E-state index is -3.91. The van der Waals surface area contributed by atoms with E-state index in [0.29, 0.717) is 0 Å². The molecule has 1 fully saturated rings. The van der Waals surface area contributed by atoms with Crippen molar-refractivity contribution in [3.8, 4) is 0 Å². The van der Waals surface area contributed by atoms with Crippen LogP contribution in [0.2, 0.25) is 0 Å². The number of carbonyl (C=O) groups is 2. The Balaban J connectivity index is 2.86. The van der Waals surface area contributed by atoms with E-state index in [-0.39, 0.29) is 13.0 Å². The van der Waals surface area contributed by atoms with Crippen LogP contribution in [0.25, 0.3) is 0 Å². The van der Waals surface area contributed by atoms with Gasteiger partial charge in [0.1, 0.15) is 5.60 Å². The van der Waals surface area contributed by atoms with Crippen LogP contribution in [0.1, 0.15) is 27.2 Å². The third-order valence-corrected chi connectivity index (χ3v) is 4.16. The van der Waals surface area contributed by atoms with Gasteiger partial charge in [-0.3, -0.25) is 4.79 Å². The Morgan fingerprint density at radius 1 is 1.37 bits per heavy atom. The maximum atomic E-state index is 11.8. The summed E-state index contributed by atoms with van der Waals surface area (Å²) in [6, 6.07) is 0. The van der Waals surface area contributed by atoms with Gasteiger partial charge in [-0.25, -0.2) is 17.9 Å². The van der Waals surface area contributed by atoms with E-state index in [0.717, 1.165) is 0 Å². The number of alkyl carbamates (subject to hydrolysis) is 1. The molecule has 0 radical (unpaired) electrons. The van der Waals surface area contributed by atoms with E-state index in [1.54, 1.807) is 20.8 Å². The molecule has 0 bridgehead atoms. The van der Waals surface area contributed by atoms with Crippen molar-refractivity contribution in [1.82, 2.24) is 10.0 Å². The smallest absolute Gasteiger partial charge is 0.408 e. The van der Waals surface area contributed by atoms with Gasteiger partial charge in [-0.05, 0) is 27.2 Å². The van der Waals surface area contributed by atoms with Gasteiger partial charge in [-0.15, -0.1) is 0 Å². The standard InChI is InChI=1S/C10H18N2O6S/c1-10(2,3)18-9(15)12-7-6(8(13)14)4-5-11-19(7,16)17/h6-7,11H,4-5H2,1-3H3,(H,12,15)(H,13,14). The highest BCUT2D eigenvalue weighted by molar-refractivity contribution is 7.90. The molecule has 2 atom stereocenters. The number of hydrogen-bond donors (Lipinski definition) is 3. The van der Waals surface area contributed by atoms with E-state index in [1.807, 2.05) is 0 Å². The number of amides is 1. The summed E-state index contributed by atoms with van der Waals surface area (Å²) in [7, 11) is -3.91. The summed E-state index contributed by atoms with van der Waals surface area (Å²) >= 11 is 0. The highest BCUT2D eigenvalue weighted by Crippen LogP contribution is 2.19. The summed E-state index contributed by atoms with van der Waals surface area (Å²) in [6.45, 7) is 4.89. The number of aliphatic carboxylic acids is 1. The van der Waals surface area contributed by atoms with Crippen molar-refractivity contribution in [1.29, 1.82) is 0 Å². The molecule has 0 saturated carbocycles. The summed E-state index contributed by atoms with van der Waals surface area (Å²) in [5, 5.41) is 9.57. The lowest BCUT2D eigenvalue weighted by molar-refractivity contribution is -0.142. The van der Waals surface area contributed by atoms with Crippen molar-refractivity contribution in [3.63, 3.8) is 0 Å². The predicted octanol–water partition coefficient (Wildman–Crippen LogP) is -0.139. The Hall–Kier alpha value is -1.35. The van der Waals surface area contributed by atoms with Crippen molar-refractivity contribution >= 4 is 22.1 Å². The number of hydrogen-bond acceptors (Lipinski definition) is 5. The van der Waals surface area contributed by atoms with Gasteiger partial charge >= 0.3 is 12.1 Å². The van der Waals surface area contributed by atoms with E-state index < -0.39 is 39.0 Å². The average molecular weight is 294 g/mol. The average Bonchev–Trinajstić information content (AvgIpc) is 2.17. The van der Waals surface area contributed by atoms with Gasteiger partial charge in [0.25, 0.3) is 0 Å². The van der Waals surface area contributed by atoms with Crippen LogP contribution in [0.4, 0.5) is 4.79 Å². The number of ether oxygens (including phenoxy) is 1. The lowest BCUT2D eigenvalue weighted by atomic mass is 10.1. The van der Waals surface area contributed by atoms with Crippen molar-refractivity contribution < 1.29 is 27.9 Å². The Bertz CT molecular complexity index is 467. The summed E-state index contributed by atoms with van der Waals surface area (Å²) in [6.07, 6.45) is -0.856. The zero-order valence-electron chi connectivity index (χ0n) is 11.0.